The van der Waals surface area contributed by atoms with Crippen LogP contribution in [0.5, 0.6) is 0 Å². The molecular formula is C13H25NO2. The molecule has 0 heterocycles. The summed E-state index contributed by atoms with van der Waals surface area (Å²) in [5, 5.41) is 3.20. The van der Waals surface area contributed by atoms with Crippen LogP contribution in [0.3, 0.4) is 0 Å². The predicted molar refractivity (Wildman–Crippen MR) is 67.4 cm³/mol. The van der Waals surface area contributed by atoms with E-state index in [0.717, 1.165) is 25.7 Å². The van der Waals surface area contributed by atoms with Gasteiger partial charge in [-0.3, -0.25) is 10.1 Å². The zero-order chi connectivity index (χ0) is 12.4. The number of hydrogen-bond donors (Lipinski definition) is 1. The number of rotatable bonds is 9. The van der Waals surface area contributed by atoms with Crippen molar-refractivity contribution in [2.45, 2.75) is 52.0 Å². The lowest BCUT2D eigenvalue weighted by Crippen LogP contribution is -2.50. The van der Waals surface area contributed by atoms with Crippen LogP contribution < -0.4 is 5.32 Å². The molecule has 0 aromatic carbocycles. The first kappa shape index (κ1) is 15.2. The standard InChI is InChI=1S/C13H25NO2/c1-5-8-9-10-13(4,14-11-6-2)12(15)16-7-3/h6,14H,2,5,7-11H2,1,3-4H3. The molecule has 0 saturated carbocycles. The topological polar surface area (TPSA) is 38.3 Å². The second-order valence-corrected chi connectivity index (χ2v) is 4.18. The molecule has 0 amide bonds. The maximum atomic E-state index is 11.8. The van der Waals surface area contributed by atoms with Gasteiger partial charge in [0.15, 0.2) is 0 Å². The minimum Gasteiger partial charge on any atom is -0.465 e. The van der Waals surface area contributed by atoms with E-state index in [1.54, 1.807) is 6.08 Å². The smallest absolute Gasteiger partial charge is 0.326 e. The first-order valence-electron chi connectivity index (χ1n) is 6.13. The first-order valence-corrected chi connectivity index (χ1v) is 6.13. The molecule has 0 radical (unpaired) electrons. The summed E-state index contributed by atoms with van der Waals surface area (Å²) in [6.45, 7) is 10.6. The van der Waals surface area contributed by atoms with Gasteiger partial charge in [0.25, 0.3) is 0 Å². The molecule has 1 N–H and O–H groups in total. The van der Waals surface area contributed by atoms with Crippen LogP contribution in [0, 0.1) is 0 Å². The Labute approximate surface area is 99.3 Å². The quantitative estimate of drug-likeness (QED) is 0.374. The Morgan fingerprint density at radius 2 is 2.12 bits per heavy atom. The van der Waals surface area contributed by atoms with E-state index in [2.05, 4.69) is 18.8 Å². The Morgan fingerprint density at radius 3 is 2.62 bits per heavy atom. The van der Waals surface area contributed by atoms with E-state index in [0.29, 0.717) is 13.2 Å². The number of unbranched alkanes of at least 4 members (excludes halogenated alkanes) is 2. The molecule has 1 unspecified atom stereocenters. The summed E-state index contributed by atoms with van der Waals surface area (Å²) < 4.78 is 5.10. The largest absolute Gasteiger partial charge is 0.465 e. The van der Waals surface area contributed by atoms with Crippen LogP contribution in [0.2, 0.25) is 0 Å². The van der Waals surface area contributed by atoms with Crippen LogP contribution in [0.15, 0.2) is 12.7 Å². The van der Waals surface area contributed by atoms with Crippen molar-refractivity contribution in [2.75, 3.05) is 13.2 Å². The highest BCUT2D eigenvalue weighted by Gasteiger charge is 2.32. The van der Waals surface area contributed by atoms with Crippen LogP contribution >= 0.6 is 0 Å². The van der Waals surface area contributed by atoms with Crippen molar-refractivity contribution in [1.82, 2.24) is 5.32 Å². The van der Waals surface area contributed by atoms with Crippen LogP contribution in [0.4, 0.5) is 0 Å². The van der Waals surface area contributed by atoms with Gasteiger partial charge in [0, 0.05) is 6.54 Å². The maximum Gasteiger partial charge on any atom is 0.326 e. The number of esters is 1. The van der Waals surface area contributed by atoms with Gasteiger partial charge in [0.2, 0.25) is 0 Å². The summed E-state index contributed by atoms with van der Waals surface area (Å²) in [4.78, 5) is 11.8. The Hall–Kier alpha value is -0.830. The second-order valence-electron chi connectivity index (χ2n) is 4.18. The third kappa shape index (κ3) is 5.31. The minimum atomic E-state index is -0.570. The van der Waals surface area contributed by atoms with Crippen molar-refractivity contribution in [3.05, 3.63) is 12.7 Å². The molecule has 0 aromatic rings. The average Bonchev–Trinajstić information content (AvgIpc) is 2.27. The third-order valence-electron chi connectivity index (χ3n) is 2.64. The van der Waals surface area contributed by atoms with Gasteiger partial charge in [-0.15, -0.1) is 6.58 Å². The Kier molecular flexibility index (Phi) is 7.90. The van der Waals surface area contributed by atoms with E-state index in [-0.39, 0.29) is 5.97 Å². The molecule has 94 valence electrons. The van der Waals surface area contributed by atoms with Crippen molar-refractivity contribution >= 4 is 5.97 Å². The van der Waals surface area contributed by atoms with Gasteiger partial charge in [-0.25, -0.2) is 0 Å². The second kappa shape index (κ2) is 8.34. The lowest BCUT2D eigenvalue weighted by molar-refractivity contribution is -0.150. The monoisotopic (exact) mass is 227 g/mol. The fourth-order valence-electron chi connectivity index (χ4n) is 1.58. The zero-order valence-corrected chi connectivity index (χ0v) is 10.8. The molecule has 3 nitrogen and oxygen atoms in total. The molecule has 0 aliphatic heterocycles. The number of carbonyl (C=O) groups excluding carboxylic acids is 1. The summed E-state index contributed by atoms with van der Waals surface area (Å²) in [7, 11) is 0. The predicted octanol–water partition coefficient (Wildman–Crippen LogP) is 2.66. The number of ether oxygens (including phenoxy) is 1. The SMILES string of the molecule is C=CCNC(C)(CCCCC)C(=O)OCC. The lowest BCUT2D eigenvalue weighted by Gasteiger charge is -2.28. The molecule has 0 rings (SSSR count). The van der Waals surface area contributed by atoms with E-state index < -0.39 is 5.54 Å². The van der Waals surface area contributed by atoms with Crippen molar-refractivity contribution in [2.24, 2.45) is 0 Å². The number of hydrogen-bond acceptors (Lipinski definition) is 3. The summed E-state index contributed by atoms with van der Waals surface area (Å²) in [6, 6.07) is 0. The maximum absolute atomic E-state index is 11.8. The molecule has 0 aliphatic rings. The molecule has 0 saturated heterocycles. The highest BCUT2D eigenvalue weighted by atomic mass is 16.5. The lowest BCUT2D eigenvalue weighted by atomic mass is 9.94. The molecular weight excluding hydrogens is 202 g/mol. The summed E-state index contributed by atoms with van der Waals surface area (Å²) >= 11 is 0. The molecule has 0 aromatic heterocycles. The molecule has 16 heavy (non-hydrogen) atoms. The van der Waals surface area contributed by atoms with Crippen molar-refractivity contribution < 1.29 is 9.53 Å². The highest BCUT2D eigenvalue weighted by molar-refractivity contribution is 5.80. The van der Waals surface area contributed by atoms with Gasteiger partial charge < -0.3 is 4.74 Å². The van der Waals surface area contributed by atoms with Gasteiger partial charge in [-0.2, -0.15) is 0 Å². The molecule has 1 atom stereocenters. The van der Waals surface area contributed by atoms with Gasteiger partial charge in [0.05, 0.1) is 6.61 Å². The third-order valence-corrected chi connectivity index (χ3v) is 2.64. The van der Waals surface area contributed by atoms with Gasteiger partial charge in [-0.05, 0) is 20.3 Å². The molecule has 0 bridgehead atoms. The van der Waals surface area contributed by atoms with Gasteiger partial charge in [-0.1, -0.05) is 32.3 Å². The Bertz CT molecular complexity index is 216. The normalized spacial score (nSPS) is 14.2. The summed E-state index contributed by atoms with van der Waals surface area (Å²) in [6.07, 6.45) is 5.91. The van der Waals surface area contributed by atoms with E-state index in [1.807, 2.05) is 13.8 Å². The van der Waals surface area contributed by atoms with E-state index in [1.165, 1.54) is 0 Å². The van der Waals surface area contributed by atoms with Crippen LogP contribution in [0.1, 0.15) is 46.5 Å². The summed E-state index contributed by atoms with van der Waals surface area (Å²) in [5.41, 5.74) is -0.570. The minimum absolute atomic E-state index is 0.159. The van der Waals surface area contributed by atoms with Crippen molar-refractivity contribution in [1.29, 1.82) is 0 Å². The first-order chi connectivity index (χ1) is 7.60. The molecule has 0 spiro atoms. The number of carbonyl (C=O) groups is 1. The number of nitrogens with one attached hydrogen (secondary N) is 1. The Balaban J connectivity index is 4.33. The molecule has 0 aliphatic carbocycles. The zero-order valence-electron chi connectivity index (χ0n) is 10.8. The highest BCUT2D eigenvalue weighted by Crippen LogP contribution is 2.16. The van der Waals surface area contributed by atoms with Crippen molar-refractivity contribution in [3.63, 3.8) is 0 Å². The average molecular weight is 227 g/mol. The van der Waals surface area contributed by atoms with Crippen LogP contribution in [0.25, 0.3) is 0 Å². The van der Waals surface area contributed by atoms with Gasteiger partial charge in [0.1, 0.15) is 5.54 Å². The molecule has 0 fully saturated rings. The van der Waals surface area contributed by atoms with E-state index in [9.17, 15) is 4.79 Å². The van der Waals surface area contributed by atoms with Crippen LogP contribution in [-0.2, 0) is 9.53 Å². The fourth-order valence-corrected chi connectivity index (χ4v) is 1.58. The Morgan fingerprint density at radius 1 is 1.44 bits per heavy atom. The molecule has 3 heteroatoms. The summed E-state index contributed by atoms with van der Waals surface area (Å²) in [5.74, 6) is -0.159. The van der Waals surface area contributed by atoms with E-state index >= 15 is 0 Å². The van der Waals surface area contributed by atoms with E-state index in [4.69, 9.17) is 4.74 Å². The van der Waals surface area contributed by atoms with Gasteiger partial charge >= 0.3 is 5.97 Å². The van der Waals surface area contributed by atoms with Crippen LogP contribution in [-0.4, -0.2) is 24.7 Å². The fraction of sp³-hybridized carbons (Fsp3) is 0.769. The van der Waals surface area contributed by atoms with Crippen molar-refractivity contribution in [3.8, 4) is 0 Å².